The van der Waals surface area contributed by atoms with Crippen LogP contribution in [0, 0.1) is 5.92 Å². The molecule has 1 saturated heterocycles. The second kappa shape index (κ2) is 6.36. The highest BCUT2D eigenvalue weighted by molar-refractivity contribution is 9.10. The molecule has 0 bridgehead atoms. The van der Waals surface area contributed by atoms with Crippen LogP contribution < -0.4 is 0 Å². The summed E-state index contributed by atoms with van der Waals surface area (Å²) in [5, 5.41) is 9.06. The van der Waals surface area contributed by atoms with Crippen molar-refractivity contribution in [2.45, 2.75) is 19.0 Å². The minimum atomic E-state index is -4.57. The van der Waals surface area contributed by atoms with Crippen molar-refractivity contribution in [1.82, 2.24) is 4.90 Å². The van der Waals surface area contributed by atoms with Crippen LogP contribution in [-0.2, 0) is 6.18 Å². The molecular weight excluding hydrogens is 351 g/mol. The maximum atomic E-state index is 13.0. The molecule has 1 aliphatic rings. The van der Waals surface area contributed by atoms with Crippen LogP contribution in [-0.4, -0.2) is 35.6 Å². The maximum absolute atomic E-state index is 13.0. The third-order valence-corrected chi connectivity index (χ3v) is 4.17. The summed E-state index contributed by atoms with van der Waals surface area (Å²) in [4.78, 5) is 13.7. The molecule has 1 fully saturated rings. The molecule has 0 atom stereocenters. The van der Waals surface area contributed by atoms with Crippen molar-refractivity contribution in [3.05, 3.63) is 33.8 Å². The Morgan fingerprint density at radius 1 is 1.33 bits per heavy atom. The second-order valence-corrected chi connectivity index (χ2v) is 6.02. The van der Waals surface area contributed by atoms with Gasteiger partial charge in [0.15, 0.2) is 0 Å². The first-order valence-corrected chi connectivity index (χ1v) is 7.39. The number of carbonyl (C=O) groups excluding carboxylic acids is 1. The zero-order chi connectivity index (χ0) is 15.6. The van der Waals surface area contributed by atoms with E-state index in [2.05, 4.69) is 15.9 Å². The molecule has 0 unspecified atom stereocenters. The van der Waals surface area contributed by atoms with E-state index in [9.17, 15) is 18.0 Å². The quantitative estimate of drug-likeness (QED) is 0.873. The summed E-state index contributed by atoms with van der Waals surface area (Å²) < 4.78 is 39.4. The van der Waals surface area contributed by atoms with Crippen molar-refractivity contribution in [3.63, 3.8) is 0 Å². The number of rotatable bonds is 2. The molecule has 1 amide bonds. The number of aliphatic hydroxyl groups excluding tert-OH is 1. The summed E-state index contributed by atoms with van der Waals surface area (Å²) >= 11 is 3.00. The van der Waals surface area contributed by atoms with Gasteiger partial charge in [-0.05, 0) is 37.0 Å². The van der Waals surface area contributed by atoms with Crippen LogP contribution in [0.5, 0.6) is 0 Å². The van der Waals surface area contributed by atoms with Gasteiger partial charge in [-0.25, -0.2) is 0 Å². The third-order valence-electron chi connectivity index (χ3n) is 3.68. The normalized spacial score (nSPS) is 17.1. The molecule has 2 rings (SSSR count). The van der Waals surface area contributed by atoms with Crippen LogP contribution in [0.25, 0.3) is 0 Å². The molecule has 21 heavy (non-hydrogen) atoms. The number of benzene rings is 1. The van der Waals surface area contributed by atoms with Crippen LogP contribution in [0.1, 0.15) is 28.8 Å². The molecule has 0 aliphatic carbocycles. The Hall–Kier alpha value is -1.08. The van der Waals surface area contributed by atoms with Crippen molar-refractivity contribution >= 4 is 21.8 Å². The van der Waals surface area contributed by atoms with E-state index in [-0.39, 0.29) is 22.6 Å². The van der Waals surface area contributed by atoms with E-state index in [1.807, 2.05) is 0 Å². The van der Waals surface area contributed by atoms with E-state index in [1.54, 1.807) is 0 Å². The zero-order valence-corrected chi connectivity index (χ0v) is 12.7. The number of aliphatic hydroxyl groups is 1. The highest BCUT2D eigenvalue weighted by Gasteiger charge is 2.37. The van der Waals surface area contributed by atoms with Gasteiger partial charge in [-0.15, -0.1) is 0 Å². The number of piperidine rings is 1. The Bertz CT molecular complexity index is 525. The summed E-state index contributed by atoms with van der Waals surface area (Å²) in [6, 6.07) is 3.56. The van der Waals surface area contributed by atoms with Gasteiger partial charge < -0.3 is 10.0 Å². The zero-order valence-electron chi connectivity index (χ0n) is 11.2. The van der Waals surface area contributed by atoms with Gasteiger partial charge in [0.25, 0.3) is 5.91 Å². The Labute approximate surface area is 128 Å². The highest BCUT2D eigenvalue weighted by atomic mass is 79.9. The topological polar surface area (TPSA) is 40.5 Å². The van der Waals surface area contributed by atoms with Gasteiger partial charge in [0.2, 0.25) is 0 Å². The van der Waals surface area contributed by atoms with Gasteiger partial charge >= 0.3 is 6.18 Å². The Balaban J connectivity index is 2.24. The summed E-state index contributed by atoms with van der Waals surface area (Å²) in [5.74, 6) is -0.479. The van der Waals surface area contributed by atoms with Crippen LogP contribution in [0.4, 0.5) is 13.2 Å². The lowest BCUT2D eigenvalue weighted by atomic mass is 9.96. The van der Waals surface area contributed by atoms with Crippen molar-refractivity contribution in [1.29, 1.82) is 0 Å². The number of amides is 1. The SMILES string of the molecule is O=C(c1ccc(Br)cc1C(F)(F)F)N1CCC(CO)CC1. The molecule has 1 heterocycles. The molecule has 3 nitrogen and oxygen atoms in total. The number of carbonyl (C=O) groups is 1. The minimum Gasteiger partial charge on any atom is -0.396 e. The van der Waals surface area contributed by atoms with Crippen molar-refractivity contribution < 1.29 is 23.1 Å². The number of likely N-dealkylation sites (tertiary alicyclic amines) is 1. The van der Waals surface area contributed by atoms with Gasteiger partial charge in [-0.2, -0.15) is 13.2 Å². The predicted molar refractivity (Wildman–Crippen MR) is 74.9 cm³/mol. The average Bonchev–Trinajstić information content (AvgIpc) is 2.45. The van der Waals surface area contributed by atoms with Gasteiger partial charge in [-0.3, -0.25) is 4.79 Å². The lowest BCUT2D eigenvalue weighted by Gasteiger charge is -2.31. The largest absolute Gasteiger partial charge is 0.417 e. The van der Waals surface area contributed by atoms with E-state index in [1.165, 1.54) is 17.0 Å². The molecule has 1 N–H and O–H groups in total. The first-order chi connectivity index (χ1) is 9.82. The van der Waals surface area contributed by atoms with E-state index in [4.69, 9.17) is 5.11 Å². The summed E-state index contributed by atoms with van der Waals surface area (Å²) in [6.07, 6.45) is -3.35. The summed E-state index contributed by atoms with van der Waals surface area (Å²) in [6.45, 7) is 0.795. The fourth-order valence-electron chi connectivity index (χ4n) is 2.43. The predicted octanol–water partition coefficient (Wildman–Crippen LogP) is 3.31. The van der Waals surface area contributed by atoms with Crippen LogP contribution in [0.2, 0.25) is 0 Å². The van der Waals surface area contributed by atoms with E-state index < -0.39 is 17.6 Å². The van der Waals surface area contributed by atoms with Gasteiger partial charge in [-0.1, -0.05) is 15.9 Å². The summed E-state index contributed by atoms with van der Waals surface area (Å²) in [7, 11) is 0. The number of alkyl halides is 3. The number of hydrogen-bond donors (Lipinski definition) is 1. The lowest BCUT2D eigenvalue weighted by Crippen LogP contribution is -2.39. The van der Waals surface area contributed by atoms with E-state index in [0.29, 0.717) is 25.9 Å². The smallest absolute Gasteiger partial charge is 0.396 e. The molecule has 1 aromatic rings. The number of hydrogen-bond acceptors (Lipinski definition) is 2. The van der Waals surface area contributed by atoms with Gasteiger partial charge in [0.1, 0.15) is 0 Å². The van der Waals surface area contributed by atoms with Gasteiger partial charge in [0.05, 0.1) is 11.1 Å². The lowest BCUT2D eigenvalue weighted by molar-refractivity contribution is -0.138. The molecule has 7 heteroatoms. The van der Waals surface area contributed by atoms with Crippen LogP contribution in [0.15, 0.2) is 22.7 Å². The second-order valence-electron chi connectivity index (χ2n) is 5.11. The van der Waals surface area contributed by atoms with Crippen molar-refractivity contribution in [2.24, 2.45) is 5.92 Å². The van der Waals surface area contributed by atoms with Crippen LogP contribution in [0.3, 0.4) is 0 Å². The molecule has 116 valence electrons. The highest BCUT2D eigenvalue weighted by Crippen LogP contribution is 2.34. The fraction of sp³-hybridized carbons (Fsp3) is 0.500. The minimum absolute atomic E-state index is 0.0497. The standard InChI is InChI=1S/C14H15BrF3NO2/c15-10-1-2-11(12(7-10)14(16,17)18)13(21)19-5-3-9(8-20)4-6-19/h1-2,7,9,20H,3-6,8H2. The van der Waals surface area contributed by atoms with Crippen LogP contribution >= 0.6 is 15.9 Å². The fourth-order valence-corrected chi connectivity index (χ4v) is 2.79. The first kappa shape index (κ1) is 16.3. The first-order valence-electron chi connectivity index (χ1n) is 6.60. The molecular formula is C14H15BrF3NO2. The Morgan fingerprint density at radius 3 is 2.48 bits per heavy atom. The molecule has 0 spiro atoms. The number of nitrogens with zero attached hydrogens (tertiary/aromatic N) is 1. The van der Waals surface area contributed by atoms with E-state index in [0.717, 1.165) is 6.07 Å². The van der Waals surface area contributed by atoms with Crippen molar-refractivity contribution in [2.75, 3.05) is 19.7 Å². The molecule has 0 radical (unpaired) electrons. The Morgan fingerprint density at radius 2 is 1.95 bits per heavy atom. The molecule has 1 aromatic carbocycles. The number of halogens is 4. The third kappa shape index (κ3) is 3.77. The van der Waals surface area contributed by atoms with Crippen molar-refractivity contribution in [3.8, 4) is 0 Å². The molecule has 1 aliphatic heterocycles. The molecule has 0 saturated carbocycles. The van der Waals surface area contributed by atoms with E-state index >= 15 is 0 Å². The van der Waals surface area contributed by atoms with Gasteiger partial charge in [0, 0.05) is 24.2 Å². The summed E-state index contributed by atoms with van der Waals surface area (Å²) in [5.41, 5.74) is -1.25. The molecule has 0 aromatic heterocycles. The average molecular weight is 366 g/mol. The monoisotopic (exact) mass is 365 g/mol. The Kier molecular flexibility index (Phi) is 4.93. The maximum Gasteiger partial charge on any atom is 0.417 e.